The SMILES string of the molecule is CCC(C)(C)N(C)CCC(=O)Nc1ccc(Cl)cc1N. The molecular weight excluding hydrogens is 274 g/mol. The van der Waals surface area contributed by atoms with Gasteiger partial charge in [0, 0.05) is 23.5 Å². The van der Waals surface area contributed by atoms with Crippen LogP contribution in [0.15, 0.2) is 18.2 Å². The summed E-state index contributed by atoms with van der Waals surface area (Å²) in [5.74, 6) is -0.0437. The summed E-state index contributed by atoms with van der Waals surface area (Å²) in [5, 5.41) is 3.37. The lowest BCUT2D eigenvalue weighted by molar-refractivity contribution is -0.116. The van der Waals surface area contributed by atoms with Crippen LogP contribution in [0.25, 0.3) is 0 Å². The van der Waals surface area contributed by atoms with E-state index in [0.717, 1.165) is 6.42 Å². The molecule has 0 atom stereocenters. The Morgan fingerprint density at radius 2 is 2.10 bits per heavy atom. The number of anilines is 2. The Labute approximate surface area is 126 Å². The zero-order valence-electron chi connectivity index (χ0n) is 12.7. The van der Waals surface area contributed by atoms with Gasteiger partial charge >= 0.3 is 0 Å². The summed E-state index contributed by atoms with van der Waals surface area (Å²) >= 11 is 5.82. The minimum absolute atomic E-state index is 0.0437. The van der Waals surface area contributed by atoms with Crippen molar-refractivity contribution in [2.24, 2.45) is 0 Å². The molecule has 20 heavy (non-hydrogen) atoms. The van der Waals surface area contributed by atoms with E-state index in [1.807, 2.05) is 7.05 Å². The molecule has 112 valence electrons. The summed E-state index contributed by atoms with van der Waals surface area (Å²) in [6, 6.07) is 5.05. The maximum atomic E-state index is 11.9. The zero-order chi connectivity index (χ0) is 15.3. The average Bonchev–Trinajstić information content (AvgIpc) is 2.39. The van der Waals surface area contributed by atoms with Crippen molar-refractivity contribution in [3.8, 4) is 0 Å². The predicted octanol–water partition coefficient (Wildman–Crippen LogP) is 3.37. The standard InChI is InChI=1S/C15H24ClN3O/c1-5-15(2,3)19(4)9-8-14(20)18-13-7-6-11(16)10-12(13)17/h6-7,10H,5,8-9,17H2,1-4H3,(H,18,20). The normalized spacial score (nSPS) is 11.7. The topological polar surface area (TPSA) is 58.4 Å². The Bertz CT molecular complexity index is 474. The summed E-state index contributed by atoms with van der Waals surface area (Å²) in [7, 11) is 2.04. The molecule has 1 rings (SSSR count). The monoisotopic (exact) mass is 297 g/mol. The lowest BCUT2D eigenvalue weighted by atomic mass is 10.00. The molecule has 0 unspecified atom stereocenters. The Hall–Kier alpha value is -1.26. The van der Waals surface area contributed by atoms with Crippen LogP contribution < -0.4 is 11.1 Å². The second-order valence-corrected chi connectivity index (χ2v) is 6.05. The van der Waals surface area contributed by atoms with Gasteiger partial charge in [-0.05, 0) is 45.5 Å². The third kappa shape index (κ3) is 4.69. The maximum Gasteiger partial charge on any atom is 0.225 e. The Morgan fingerprint density at radius 1 is 1.45 bits per heavy atom. The lowest BCUT2D eigenvalue weighted by Crippen LogP contribution is -2.41. The van der Waals surface area contributed by atoms with Gasteiger partial charge in [0.05, 0.1) is 11.4 Å². The quantitative estimate of drug-likeness (QED) is 0.792. The summed E-state index contributed by atoms with van der Waals surface area (Å²) in [6.45, 7) is 7.19. The van der Waals surface area contributed by atoms with Gasteiger partial charge in [-0.25, -0.2) is 0 Å². The minimum atomic E-state index is -0.0437. The highest BCUT2D eigenvalue weighted by Gasteiger charge is 2.21. The van der Waals surface area contributed by atoms with Crippen molar-refractivity contribution in [1.82, 2.24) is 4.90 Å². The van der Waals surface area contributed by atoms with Gasteiger partial charge in [-0.2, -0.15) is 0 Å². The first-order valence-corrected chi connectivity index (χ1v) is 7.20. The van der Waals surface area contributed by atoms with Gasteiger partial charge in [-0.1, -0.05) is 18.5 Å². The van der Waals surface area contributed by atoms with E-state index in [1.165, 1.54) is 0 Å². The fourth-order valence-corrected chi connectivity index (χ4v) is 1.88. The van der Waals surface area contributed by atoms with Gasteiger partial charge in [0.2, 0.25) is 5.91 Å². The molecule has 0 saturated heterocycles. The van der Waals surface area contributed by atoms with Crippen molar-refractivity contribution in [2.75, 3.05) is 24.6 Å². The number of hydrogen-bond acceptors (Lipinski definition) is 3. The van der Waals surface area contributed by atoms with Crippen LogP contribution in [0.5, 0.6) is 0 Å². The largest absolute Gasteiger partial charge is 0.397 e. The second-order valence-electron chi connectivity index (χ2n) is 5.62. The molecule has 0 aliphatic carbocycles. The van der Waals surface area contributed by atoms with Crippen LogP contribution in [0.4, 0.5) is 11.4 Å². The van der Waals surface area contributed by atoms with Crippen LogP contribution >= 0.6 is 11.6 Å². The highest BCUT2D eigenvalue weighted by atomic mass is 35.5. The van der Waals surface area contributed by atoms with E-state index in [2.05, 4.69) is 31.0 Å². The number of hydrogen-bond donors (Lipinski definition) is 2. The van der Waals surface area contributed by atoms with Crippen LogP contribution in [-0.4, -0.2) is 29.9 Å². The minimum Gasteiger partial charge on any atom is -0.397 e. The molecule has 0 aliphatic rings. The van der Waals surface area contributed by atoms with Gasteiger partial charge in [0.1, 0.15) is 0 Å². The van der Waals surface area contributed by atoms with Gasteiger partial charge in [0.15, 0.2) is 0 Å². The zero-order valence-corrected chi connectivity index (χ0v) is 13.4. The van der Waals surface area contributed by atoms with Crippen molar-refractivity contribution < 1.29 is 4.79 Å². The molecule has 0 saturated carbocycles. The third-order valence-electron chi connectivity index (χ3n) is 3.86. The summed E-state index contributed by atoms with van der Waals surface area (Å²) in [5.41, 5.74) is 6.99. The molecule has 1 aromatic carbocycles. The Balaban J connectivity index is 2.52. The fraction of sp³-hybridized carbons (Fsp3) is 0.533. The molecule has 0 bridgehead atoms. The molecule has 3 N–H and O–H groups in total. The van der Waals surface area contributed by atoms with Crippen molar-refractivity contribution in [2.45, 2.75) is 39.2 Å². The first kappa shape index (κ1) is 16.8. The molecule has 1 amide bonds. The average molecular weight is 298 g/mol. The van der Waals surface area contributed by atoms with Crippen molar-refractivity contribution in [1.29, 1.82) is 0 Å². The molecular formula is C15H24ClN3O. The summed E-state index contributed by atoms with van der Waals surface area (Å²) in [6.07, 6.45) is 1.47. The number of carbonyl (C=O) groups excluding carboxylic acids is 1. The smallest absolute Gasteiger partial charge is 0.225 e. The van der Waals surface area contributed by atoms with Crippen LogP contribution in [-0.2, 0) is 4.79 Å². The van der Waals surface area contributed by atoms with E-state index in [1.54, 1.807) is 18.2 Å². The van der Waals surface area contributed by atoms with Crippen LogP contribution in [0, 0.1) is 0 Å². The van der Waals surface area contributed by atoms with E-state index in [9.17, 15) is 4.79 Å². The molecule has 0 aromatic heterocycles. The first-order valence-electron chi connectivity index (χ1n) is 6.82. The van der Waals surface area contributed by atoms with E-state index in [4.69, 9.17) is 17.3 Å². The molecule has 0 spiro atoms. The number of rotatable bonds is 6. The van der Waals surface area contributed by atoms with Crippen LogP contribution in [0.2, 0.25) is 5.02 Å². The van der Waals surface area contributed by atoms with E-state index < -0.39 is 0 Å². The number of nitrogen functional groups attached to an aromatic ring is 1. The molecule has 5 heteroatoms. The third-order valence-corrected chi connectivity index (χ3v) is 4.10. The van der Waals surface area contributed by atoms with Crippen molar-refractivity contribution in [3.05, 3.63) is 23.2 Å². The van der Waals surface area contributed by atoms with Gasteiger partial charge in [0.25, 0.3) is 0 Å². The van der Waals surface area contributed by atoms with E-state index in [-0.39, 0.29) is 11.4 Å². The Kier molecular flexibility index (Phi) is 5.84. The number of halogens is 1. The number of benzene rings is 1. The lowest BCUT2D eigenvalue weighted by Gasteiger charge is -2.34. The van der Waals surface area contributed by atoms with E-state index in [0.29, 0.717) is 29.4 Å². The van der Waals surface area contributed by atoms with Crippen LogP contribution in [0.1, 0.15) is 33.6 Å². The van der Waals surface area contributed by atoms with Crippen molar-refractivity contribution in [3.63, 3.8) is 0 Å². The Morgan fingerprint density at radius 3 is 2.65 bits per heavy atom. The van der Waals surface area contributed by atoms with Gasteiger partial charge in [-0.3, -0.25) is 4.79 Å². The van der Waals surface area contributed by atoms with Gasteiger partial charge < -0.3 is 16.0 Å². The molecule has 0 fully saturated rings. The number of nitrogens with zero attached hydrogens (tertiary/aromatic N) is 1. The number of carbonyl (C=O) groups is 1. The van der Waals surface area contributed by atoms with Crippen LogP contribution in [0.3, 0.4) is 0 Å². The summed E-state index contributed by atoms with van der Waals surface area (Å²) in [4.78, 5) is 14.1. The maximum absolute atomic E-state index is 11.9. The molecule has 0 aliphatic heterocycles. The molecule has 0 radical (unpaired) electrons. The summed E-state index contributed by atoms with van der Waals surface area (Å²) < 4.78 is 0. The van der Waals surface area contributed by atoms with E-state index >= 15 is 0 Å². The number of nitrogens with two attached hydrogens (primary N) is 1. The fourth-order valence-electron chi connectivity index (χ4n) is 1.70. The predicted molar refractivity (Wildman–Crippen MR) is 86.1 cm³/mol. The number of amides is 1. The first-order chi connectivity index (χ1) is 9.26. The second kappa shape index (κ2) is 6.95. The highest BCUT2D eigenvalue weighted by Crippen LogP contribution is 2.23. The molecule has 4 nitrogen and oxygen atoms in total. The van der Waals surface area contributed by atoms with Gasteiger partial charge in [-0.15, -0.1) is 0 Å². The highest BCUT2D eigenvalue weighted by molar-refractivity contribution is 6.31. The molecule has 0 heterocycles. The van der Waals surface area contributed by atoms with Crippen molar-refractivity contribution >= 4 is 28.9 Å². The molecule has 1 aromatic rings. The number of nitrogens with one attached hydrogen (secondary N) is 1.